The molecular weight excluding hydrogens is 384 g/mol. The molecule has 3 heterocycles. The van der Waals surface area contributed by atoms with Gasteiger partial charge in [-0.2, -0.15) is 0 Å². The highest BCUT2D eigenvalue weighted by Crippen LogP contribution is 2.29. The largest absolute Gasteiger partial charge is 0.307 e. The van der Waals surface area contributed by atoms with Crippen LogP contribution in [0.3, 0.4) is 0 Å². The number of aryl methyl sites for hydroxylation is 1. The Labute approximate surface area is 173 Å². The van der Waals surface area contributed by atoms with Crippen LogP contribution in [0.2, 0.25) is 0 Å². The van der Waals surface area contributed by atoms with E-state index >= 15 is 0 Å². The van der Waals surface area contributed by atoms with E-state index in [1.807, 2.05) is 47.8 Å². The van der Waals surface area contributed by atoms with Crippen LogP contribution in [0, 0.1) is 0 Å². The Bertz CT molecular complexity index is 1060. The van der Waals surface area contributed by atoms with Crippen LogP contribution in [0.15, 0.2) is 60.1 Å². The molecule has 0 atom stereocenters. The van der Waals surface area contributed by atoms with Gasteiger partial charge in [-0.05, 0) is 43.2 Å². The lowest BCUT2D eigenvalue weighted by atomic mass is 10.1. The van der Waals surface area contributed by atoms with Gasteiger partial charge in [0, 0.05) is 31.1 Å². The third-order valence-electron chi connectivity index (χ3n) is 4.65. The molecule has 1 aliphatic heterocycles. The van der Waals surface area contributed by atoms with Crippen molar-refractivity contribution in [1.29, 1.82) is 0 Å². The number of hydrogen-bond donors (Lipinski definition) is 0. The molecular formula is C22H20N4O2S. The van der Waals surface area contributed by atoms with E-state index in [1.54, 1.807) is 22.1 Å². The predicted octanol–water partition coefficient (Wildman–Crippen LogP) is 4.22. The number of carbonyl (C=O) groups excluding carboxylic acids is 2. The molecule has 0 bridgehead atoms. The number of hydrogen-bond acceptors (Lipinski definition) is 5. The van der Waals surface area contributed by atoms with E-state index in [0.717, 1.165) is 29.9 Å². The molecule has 146 valence electrons. The number of fused-ring (bicyclic) bond motifs is 1. The zero-order chi connectivity index (χ0) is 20.2. The molecule has 4 rings (SSSR count). The topological polar surface area (TPSA) is 66.4 Å². The first-order valence-corrected chi connectivity index (χ1v) is 10.3. The van der Waals surface area contributed by atoms with Crippen LogP contribution < -0.4 is 9.80 Å². The van der Waals surface area contributed by atoms with E-state index in [2.05, 4.69) is 9.97 Å². The highest BCUT2D eigenvalue weighted by Gasteiger charge is 2.21. The van der Waals surface area contributed by atoms with Crippen molar-refractivity contribution < 1.29 is 9.59 Å². The highest BCUT2D eigenvalue weighted by atomic mass is 32.1. The molecule has 2 amide bonds. The van der Waals surface area contributed by atoms with Gasteiger partial charge in [0.05, 0.1) is 22.8 Å². The van der Waals surface area contributed by atoms with Crippen molar-refractivity contribution in [2.24, 2.45) is 0 Å². The Morgan fingerprint density at radius 2 is 2.00 bits per heavy atom. The SMILES string of the molecule is CC(=O)N(c1ccccc1)c1nc(/C=C/C(=O)N2CCCc3ncccc32)cs1. The maximum Gasteiger partial charge on any atom is 0.251 e. The average molecular weight is 404 g/mol. The molecule has 0 saturated carbocycles. The number of nitrogens with zero attached hydrogens (tertiary/aromatic N) is 4. The summed E-state index contributed by atoms with van der Waals surface area (Å²) in [5, 5.41) is 2.41. The van der Waals surface area contributed by atoms with Gasteiger partial charge in [0.25, 0.3) is 5.91 Å². The predicted molar refractivity (Wildman–Crippen MR) is 115 cm³/mol. The summed E-state index contributed by atoms with van der Waals surface area (Å²) in [6, 6.07) is 13.2. The van der Waals surface area contributed by atoms with Crippen molar-refractivity contribution in [3.05, 3.63) is 71.5 Å². The maximum absolute atomic E-state index is 12.7. The fraction of sp³-hybridized carbons (Fsp3) is 0.182. The second-order valence-corrected chi connectivity index (χ2v) is 7.48. The monoisotopic (exact) mass is 404 g/mol. The van der Waals surface area contributed by atoms with Gasteiger partial charge in [-0.1, -0.05) is 18.2 Å². The molecule has 7 heteroatoms. The Morgan fingerprint density at radius 1 is 1.17 bits per heavy atom. The van der Waals surface area contributed by atoms with E-state index in [1.165, 1.54) is 24.3 Å². The molecule has 3 aromatic rings. The molecule has 2 aromatic heterocycles. The Balaban J connectivity index is 1.53. The van der Waals surface area contributed by atoms with Gasteiger partial charge >= 0.3 is 0 Å². The lowest BCUT2D eigenvalue weighted by molar-refractivity contribution is -0.116. The van der Waals surface area contributed by atoms with E-state index in [9.17, 15) is 9.59 Å². The maximum atomic E-state index is 12.7. The summed E-state index contributed by atoms with van der Waals surface area (Å²) in [6.45, 7) is 2.19. The molecule has 0 saturated heterocycles. The van der Waals surface area contributed by atoms with Gasteiger partial charge in [0.1, 0.15) is 0 Å². The quantitative estimate of drug-likeness (QED) is 0.611. The molecule has 0 unspecified atom stereocenters. The number of benzene rings is 1. The zero-order valence-corrected chi connectivity index (χ0v) is 16.8. The normalized spacial score (nSPS) is 13.3. The number of carbonyl (C=O) groups is 2. The minimum Gasteiger partial charge on any atom is -0.307 e. The van der Waals surface area contributed by atoms with Crippen molar-refractivity contribution in [3.8, 4) is 0 Å². The van der Waals surface area contributed by atoms with Crippen LogP contribution in [-0.4, -0.2) is 28.3 Å². The highest BCUT2D eigenvalue weighted by molar-refractivity contribution is 7.14. The third-order valence-corrected chi connectivity index (χ3v) is 5.49. The smallest absolute Gasteiger partial charge is 0.251 e. The first-order chi connectivity index (χ1) is 14.1. The summed E-state index contributed by atoms with van der Waals surface area (Å²) >= 11 is 1.36. The Morgan fingerprint density at radius 3 is 2.79 bits per heavy atom. The molecule has 29 heavy (non-hydrogen) atoms. The number of thiazole rings is 1. The van der Waals surface area contributed by atoms with E-state index in [0.29, 0.717) is 17.4 Å². The number of pyridine rings is 1. The standard InChI is InChI=1S/C22H20N4O2S/c1-16(27)26(18-7-3-2-4-8-18)22-24-17(15-29-22)11-12-21(28)25-14-6-9-19-20(25)10-5-13-23-19/h2-5,7-8,10-13,15H,6,9,14H2,1H3/b12-11+. The van der Waals surface area contributed by atoms with Crippen molar-refractivity contribution >= 4 is 45.7 Å². The minimum absolute atomic E-state index is 0.0972. The van der Waals surface area contributed by atoms with Crippen LogP contribution in [-0.2, 0) is 16.0 Å². The van der Waals surface area contributed by atoms with Crippen molar-refractivity contribution in [1.82, 2.24) is 9.97 Å². The van der Waals surface area contributed by atoms with E-state index in [-0.39, 0.29) is 11.8 Å². The molecule has 1 aromatic carbocycles. The van der Waals surface area contributed by atoms with Crippen LogP contribution in [0.5, 0.6) is 0 Å². The van der Waals surface area contributed by atoms with Gasteiger partial charge in [-0.3, -0.25) is 19.5 Å². The molecule has 6 nitrogen and oxygen atoms in total. The van der Waals surface area contributed by atoms with E-state index in [4.69, 9.17) is 0 Å². The number of anilines is 3. The molecule has 1 aliphatic rings. The summed E-state index contributed by atoms with van der Waals surface area (Å²) in [7, 11) is 0. The van der Waals surface area contributed by atoms with Crippen molar-refractivity contribution in [2.45, 2.75) is 19.8 Å². The van der Waals surface area contributed by atoms with Gasteiger partial charge in [-0.25, -0.2) is 4.98 Å². The molecule has 0 spiro atoms. The van der Waals surface area contributed by atoms with Gasteiger partial charge in [0.2, 0.25) is 5.91 Å². The number of amides is 2. The lowest BCUT2D eigenvalue weighted by Crippen LogP contribution is -2.34. The van der Waals surface area contributed by atoms with Crippen LogP contribution >= 0.6 is 11.3 Å². The van der Waals surface area contributed by atoms with E-state index < -0.39 is 0 Å². The molecule has 0 fully saturated rings. The Kier molecular flexibility index (Phi) is 5.48. The summed E-state index contributed by atoms with van der Waals surface area (Å²) < 4.78 is 0. The summed E-state index contributed by atoms with van der Waals surface area (Å²) in [6.07, 6.45) is 6.76. The fourth-order valence-corrected chi connectivity index (χ4v) is 4.18. The zero-order valence-electron chi connectivity index (χ0n) is 16.0. The van der Waals surface area contributed by atoms with Gasteiger partial charge in [-0.15, -0.1) is 11.3 Å². The summed E-state index contributed by atoms with van der Waals surface area (Å²) in [4.78, 5) is 37.1. The number of rotatable bonds is 4. The van der Waals surface area contributed by atoms with Crippen LogP contribution in [0.4, 0.5) is 16.5 Å². The summed E-state index contributed by atoms with van der Waals surface area (Å²) in [5.74, 6) is -0.213. The molecule has 0 N–H and O–H groups in total. The second kappa shape index (κ2) is 8.36. The number of para-hydroxylation sites is 1. The number of aromatic nitrogens is 2. The van der Waals surface area contributed by atoms with Crippen molar-refractivity contribution in [2.75, 3.05) is 16.3 Å². The van der Waals surface area contributed by atoms with Gasteiger partial charge < -0.3 is 4.90 Å². The average Bonchev–Trinajstić information content (AvgIpc) is 3.20. The minimum atomic E-state index is -0.116. The molecule has 0 aliphatic carbocycles. The lowest BCUT2D eigenvalue weighted by Gasteiger charge is -2.27. The van der Waals surface area contributed by atoms with Crippen LogP contribution in [0.25, 0.3) is 6.08 Å². The first-order valence-electron chi connectivity index (χ1n) is 9.38. The van der Waals surface area contributed by atoms with Crippen molar-refractivity contribution in [3.63, 3.8) is 0 Å². The third kappa shape index (κ3) is 4.09. The Hall–Kier alpha value is -3.32. The van der Waals surface area contributed by atoms with Crippen LogP contribution in [0.1, 0.15) is 24.7 Å². The molecule has 0 radical (unpaired) electrons. The second-order valence-electron chi connectivity index (χ2n) is 6.64. The summed E-state index contributed by atoms with van der Waals surface area (Å²) in [5.41, 5.74) is 3.23. The fourth-order valence-electron chi connectivity index (χ4n) is 3.33. The first kappa shape index (κ1) is 19.0. The van der Waals surface area contributed by atoms with Gasteiger partial charge in [0.15, 0.2) is 5.13 Å².